The molecule has 94 valence electrons. The Hall–Kier alpha value is -2.55. The standard InChI is InChI=1S/C16H12O3/c17-10-12-6-8-15-13(16(12)18)7-9-14(19-15)11-4-2-1-3-5-11/h1-10,14,18H. The number of fused-ring (bicyclic) bond motifs is 1. The summed E-state index contributed by atoms with van der Waals surface area (Å²) >= 11 is 0. The van der Waals surface area contributed by atoms with Gasteiger partial charge in [0.2, 0.25) is 0 Å². The van der Waals surface area contributed by atoms with Crippen molar-refractivity contribution < 1.29 is 14.6 Å². The molecule has 1 aliphatic rings. The van der Waals surface area contributed by atoms with Crippen LogP contribution in [-0.4, -0.2) is 11.4 Å². The molecule has 0 aromatic heterocycles. The first kappa shape index (κ1) is 11.5. The van der Waals surface area contributed by atoms with Crippen molar-refractivity contribution >= 4 is 12.4 Å². The lowest BCUT2D eigenvalue weighted by Gasteiger charge is -2.22. The third-order valence-electron chi connectivity index (χ3n) is 3.15. The highest BCUT2D eigenvalue weighted by Crippen LogP contribution is 2.38. The Kier molecular flexibility index (Phi) is 2.80. The van der Waals surface area contributed by atoms with Gasteiger partial charge in [-0.3, -0.25) is 4.79 Å². The zero-order valence-corrected chi connectivity index (χ0v) is 10.1. The molecule has 1 N–H and O–H groups in total. The normalized spacial score (nSPS) is 16.5. The van der Waals surface area contributed by atoms with E-state index in [1.165, 1.54) is 0 Å². The Bertz CT molecular complexity index is 645. The molecule has 19 heavy (non-hydrogen) atoms. The molecular formula is C16H12O3. The minimum atomic E-state index is -0.171. The lowest BCUT2D eigenvalue weighted by Crippen LogP contribution is -2.09. The van der Waals surface area contributed by atoms with Gasteiger partial charge in [-0.25, -0.2) is 0 Å². The van der Waals surface area contributed by atoms with Crippen molar-refractivity contribution in [2.45, 2.75) is 6.10 Å². The quantitative estimate of drug-likeness (QED) is 0.834. The van der Waals surface area contributed by atoms with Gasteiger partial charge >= 0.3 is 0 Å². The van der Waals surface area contributed by atoms with Crippen LogP contribution in [0.4, 0.5) is 0 Å². The van der Waals surface area contributed by atoms with Crippen LogP contribution in [0, 0.1) is 0 Å². The summed E-state index contributed by atoms with van der Waals surface area (Å²) in [5.74, 6) is 0.551. The third-order valence-corrected chi connectivity index (χ3v) is 3.15. The number of hydrogen-bond acceptors (Lipinski definition) is 3. The zero-order valence-electron chi connectivity index (χ0n) is 10.1. The minimum Gasteiger partial charge on any atom is -0.506 e. The second-order valence-electron chi connectivity index (χ2n) is 4.34. The van der Waals surface area contributed by atoms with Gasteiger partial charge in [-0.05, 0) is 29.8 Å². The zero-order chi connectivity index (χ0) is 13.2. The summed E-state index contributed by atoms with van der Waals surface area (Å²) in [6, 6.07) is 13.1. The van der Waals surface area contributed by atoms with Gasteiger partial charge < -0.3 is 9.84 Å². The summed E-state index contributed by atoms with van der Waals surface area (Å²) in [5, 5.41) is 9.93. The SMILES string of the molecule is O=Cc1ccc2c(c1O)C=CC(c1ccccc1)O2. The summed E-state index contributed by atoms with van der Waals surface area (Å²) < 4.78 is 5.84. The molecule has 0 spiro atoms. The van der Waals surface area contributed by atoms with E-state index in [2.05, 4.69) is 0 Å². The van der Waals surface area contributed by atoms with Crippen LogP contribution < -0.4 is 4.74 Å². The molecular weight excluding hydrogens is 240 g/mol. The average molecular weight is 252 g/mol. The van der Waals surface area contributed by atoms with Crippen molar-refractivity contribution in [1.29, 1.82) is 0 Å². The van der Waals surface area contributed by atoms with Crippen molar-refractivity contribution in [3.8, 4) is 11.5 Å². The number of ether oxygens (including phenoxy) is 1. The van der Waals surface area contributed by atoms with E-state index < -0.39 is 0 Å². The molecule has 1 unspecified atom stereocenters. The van der Waals surface area contributed by atoms with Crippen LogP contribution in [-0.2, 0) is 0 Å². The van der Waals surface area contributed by atoms with E-state index in [0.717, 1.165) is 5.56 Å². The van der Waals surface area contributed by atoms with Gasteiger partial charge in [-0.2, -0.15) is 0 Å². The number of carbonyl (C=O) groups excluding carboxylic acids is 1. The molecule has 0 aliphatic carbocycles. The second-order valence-corrected chi connectivity index (χ2v) is 4.34. The van der Waals surface area contributed by atoms with Crippen molar-refractivity contribution in [1.82, 2.24) is 0 Å². The van der Waals surface area contributed by atoms with Crippen LogP contribution >= 0.6 is 0 Å². The number of phenolic OH excluding ortho intramolecular Hbond substituents is 1. The topological polar surface area (TPSA) is 46.5 Å². The number of aldehydes is 1. The largest absolute Gasteiger partial charge is 0.506 e. The molecule has 1 aliphatic heterocycles. The lowest BCUT2D eigenvalue weighted by atomic mass is 10.0. The predicted octanol–water partition coefficient (Wildman–Crippen LogP) is 3.35. The van der Waals surface area contributed by atoms with Crippen molar-refractivity contribution in [3.05, 3.63) is 65.2 Å². The van der Waals surface area contributed by atoms with Gasteiger partial charge in [-0.15, -0.1) is 0 Å². The summed E-state index contributed by atoms with van der Waals surface area (Å²) in [6.07, 6.45) is 4.12. The maximum Gasteiger partial charge on any atom is 0.153 e. The molecule has 0 saturated carbocycles. The third kappa shape index (κ3) is 1.99. The van der Waals surface area contributed by atoms with Crippen molar-refractivity contribution in [3.63, 3.8) is 0 Å². The van der Waals surface area contributed by atoms with Gasteiger partial charge in [0, 0.05) is 0 Å². The number of phenols is 1. The fraction of sp³-hybridized carbons (Fsp3) is 0.0625. The molecule has 3 nitrogen and oxygen atoms in total. The maximum absolute atomic E-state index is 10.8. The first-order valence-corrected chi connectivity index (χ1v) is 6.00. The smallest absolute Gasteiger partial charge is 0.153 e. The highest BCUT2D eigenvalue weighted by Gasteiger charge is 2.19. The van der Waals surface area contributed by atoms with Crippen LogP contribution in [0.3, 0.4) is 0 Å². The Balaban J connectivity index is 1.99. The Morgan fingerprint density at radius 1 is 1.11 bits per heavy atom. The molecule has 3 rings (SSSR count). The fourth-order valence-corrected chi connectivity index (χ4v) is 2.15. The van der Waals surface area contributed by atoms with Crippen LogP contribution in [0.2, 0.25) is 0 Å². The summed E-state index contributed by atoms with van der Waals surface area (Å²) in [4.78, 5) is 10.8. The Morgan fingerprint density at radius 3 is 2.63 bits per heavy atom. The molecule has 3 heteroatoms. The highest BCUT2D eigenvalue weighted by atomic mass is 16.5. The van der Waals surface area contributed by atoms with E-state index in [1.54, 1.807) is 18.2 Å². The lowest BCUT2D eigenvalue weighted by molar-refractivity contribution is 0.112. The van der Waals surface area contributed by atoms with Crippen LogP contribution in [0.15, 0.2) is 48.5 Å². The number of rotatable bonds is 2. The molecule has 2 aromatic rings. The van der Waals surface area contributed by atoms with E-state index >= 15 is 0 Å². The van der Waals surface area contributed by atoms with Gasteiger partial charge in [-0.1, -0.05) is 30.3 Å². The Morgan fingerprint density at radius 2 is 1.89 bits per heavy atom. The molecule has 2 aromatic carbocycles. The minimum absolute atomic E-state index is 0.0322. The maximum atomic E-state index is 10.8. The van der Waals surface area contributed by atoms with Gasteiger partial charge in [0.25, 0.3) is 0 Å². The summed E-state index contributed by atoms with van der Waals surface area (Å²) in [5.41, 5.74) is 1.87. The van der Waals surface area contributed by atoms with Crippen LogP contribution in [0.25, 0.3) is 6.08 Å². The monoisotopic (exact) mass is 252 g/mol. The summed E-state index contributed by atoms with van der Waals surface area (Å²) in [6.45, 7) is 0. The van der Waals surface area contributed by atoms with Crippen molar-refractivity contribution in [2.24, 2.45) is 0 Å². The number of aromatic hydroxyl groups is 1. The molecule has 1 heterocycles. The Labute approximate surface area is 110 Å². The van der Waals surface area contributed by atoms with E-state index in [4.69, 9.17) is 4.74 Å². The highest BCUT2D eigenvalue weighted by molar-refractivity contribution is 5.84. The van der Waals surface area contributed by atoms with Crippen LogP contribution in [0.1, 0.15) is 27.6 Å². The van der Waals surface area contributed by atoms with Gasteiger partial charge in [0.05, 0.1) is 11.1 Å². The number of carbonyl (C=O) groups is 1. The molecule has 0 amide bonds. The second kappa shape index (κ2) is 4.61. The van der Waals surface area contributed by atoms with E-state index in [1.807, 2.05) is 36.4 Å². The van der Waals surface area contributed by atoms with Crippen molar-refractivity contribution in [2.75, 3.05) is 0 Å². The van der Waals surface area contributed by atoms with Crippen LogP contribution in [0.5, 0.6) is 11.5 Å². The molecule has 1 atom stereocenters. The van der Waals surface area contributed by atoms with E-state index in [-0.39, 0.29) is 17.4 Å². The first-order chi connectivity index (χ1) is 9.29. The van der Waals surface area contributed by atoms with E-state index in [0.29, 0.717) is 17.6 Å². The first-order valence-electron chi connectivity index (χ1n) is 6.00. The number of hydrogen-bond donors (Lipinski definition) is 1. The predicted molar refractivity (Wildman–Crippen MR) is 72.3 cm³/mol. The molecule has 0 bridgehead atoms. The fourth-order valence-electron chi connectivity index (χ4n) is 2.15. The van der Waals surface area contributed by atoms with E-state index in [9.17, 15) is 9.90 Å². The number of benzene rings is 2. The summed E-state index contributed by atoms with van der Waals surface area (Å²) in [7, 11) is 0. The molecule has 0 radical (unpaired) electrons. The van der Waals surface area contributed by atoms with Gasteiger partial charge in [0.15, 0.2) is 6.29 Å². The van der Waals surface area contributed by atoms with Gasteiger partial charge in [0.1, 0.15) is 17.6 Å². The molecule has 0 saturated heterocycles. The molecule has 0 fully saturated rings. The average Bonchev–Trinajstić information content (AvgIpc) is 2.48.